The summed E-state index contributed by atoms with van der Waals surface area (Å²) < 4.78 is 16.7. The van der Waals surface area contributed by atoms with Crippen LogP contribution in [0.15, 0.2) is 54.6 Å². The van der Waals surface area contributed by atoms with Crippen LogP contribution in [0.3, 0.4) is 0 Å². The third kappa shape index (κ3) is 4.58. The Balaban J connectivity index is 1.41. The van der Waals surface area contributed by atoms with Crippen LogP contribution in [-0.2, 0) is 22.5 Å². The molecule has 116 valence electrons. The Morgan fingerprint density at radius 2 is 1.59 bits per heavy atom. The quantitative estimate of drug-likeness (QED) is 0.774. The lowest BCUT2D eigenvalue weighted by molar-refractivity contribution is -0.0475. The number of aryl methyl sites for hydroxylation is 1. The summed E-state index contributed by atoms with van der Waals surface area (Å²) in [5.74, 6) is 0.912. The van der Waals surface area contributed by atoms with E-state index in [1.165, 1.54) is 11.1 Å². The van der Waals surface area contributed by atoms with Gasteiger partial charge in [0.25, 0.3) is 0 Å². The lowest BCUT2D eigenvalue weighted by Gasteiger charge is -2.09. The summed E-state index contributed by atoms with van der Waals surface area (Å²) in [6, 6.07) is 18.6. The lowest BCUT2D eigenvalue weighted by atomic mass is 10.1. The predicted octanol–water partition coefficient (Wildman–Crippen LogP) is 3.96. The Morgan fingerprint density at radius 1 is 0.864 bits per heavy atom. The fourth-order valence-corrected chi connectivity index (χ4v) is 2.54. The van der Waals surface area contributed by atoms with Gasteiger partial charge < -0.3 is 14.2 Å². The smallest absolute Gasteiger partial charge is 0.157 e. The molecule has 1 aliphatic heterocycles. The molecule has 1 saturated heterocycles. The van der Waals surface area contributed by atoms with E-state index in [2.05, 4.69) is 24.3 Å². The van der Waals surface area contributed by atoms with E-state index in [-0.39, 0.29) is 6.29 Å². The highest BCUT2D eigenvalue weighted by molar-refractivity contribution is 5.27. The average molecular weight is 298 g/mol. The molecule has 0 spiro atoms. The normalized spacial score (nSPS) is 15.1. The number of hydrogen-bond donors (Lipinski definition) is 0. The summed E-state index contributed by atoms with van der Waals surface area (Å²) in [4.78, 5) is 0. The van der Waals surface area contributed by atoms with E-state index in [0.717, 1.165) is 38.2 Å². The van der Waals surface area contributed by atoms with Gasteiger partial charge in [-0.05, 0) is 42.5 Å². The first-order chi connectivity index (χ1) is 10.9. The maximum absolute atomic E-state index is 5.79. The van der Waals surface area contributed by atoms with Gasteiger partial charge in [0, 0.05) is 0 Å². The molecule has 0 aromatic heterocycles. The average Bonchev–Trinajstić information content (AvgIpc) is 3.08. The van der Waals surface area contributed by atoms with E-state index in [1.54, 1.807) is 0 Å². The summed E-state index contributed by atoms with van der Waals surface area (Å²) in [5.41, 5.74) is 2.51. The van der Waals surface area contributed by atoms with Crippen LogP contribution in [-0.4, -0.2) is 19.5 Å². The molecular formula is C19H22O3. The first kappa shape index (κ1) is 15.1. The van der Waals surface area contributed by atoms with Gasteiger partial charge in [-0.1, -0.05) is 42.5 Å². The van der Waals surface area contributed by atoms with Crippen molar-refractivity contribution in [2.24, 2.45) is 0 Å². The molecule has 1 aliphatic rings. The van der Waals surface area contributed by atoms with Crippen molar-refractivity contribution in [3.8, 4) is 5.75 Å². The summed E-state index contributed by atoms with van der Waals surface area (Å²) in [5, 5.41) is 0. The van der Waals surface area contributed by atoms with Crippen LogP contribution >= 0.6 is 0 Å². The minimum absolute atomic E-state index is 0.00785. The monoisotopic (exact) mass is 298 g/mol. The highest BCUT2D eigenvalue weighted by Gasteiger charge is 2.14. The minimum Gasteiger partial charge on any atom is -0.489 e. The second-order valence-corrected chi connectivity index (χ2v) is 5.48. The minimum atomic E-state index is 0.00785. The molecule has 0 amide bonds. The molecule has 1 heterocycles. The van der Waals surface area contributed by atoms with Gasteiger partial charge in [-0.15, -0.1) is 0 Å². The third-order valence-electron chi connectivity index (χ3n) is 3.77. The molecule has 2 aromatic rings. The SMILES string of the molecule is c1ccc(COc2ccc(CCCC3OCCO3)cc2)cc1. The van der Waals surface area contributed by atoms with Gasteiger partial charge in [0.2, 0.25) is 0 Å². The topological polar surface area (TPSA) is 27.7 Å². The molecule has 1 fully saturated rings. The zero-order valence-corrected chi connectivity index (χ0v) is 12.7. The van der Waals surface area contributed by atoms with Crippen molar-refractivity contribution in [1.82, 2.24) is 0 Å². The van der Waals surface area contributed by atoms with E-state index >= 15 is 0 Å². The van der Waals surface area contributed by atoms with Gasteiger partial charge in [0.05, 0.1) is 13.2 Å². The third-order valence-corrected chi connectivity index (χ3v) is 3.77. The number of hydrogen-bond acceptors (Lipinski definition) is 3. The van der Waals surface area contributed by atoms with E-state index in [9.17, 15) is 0 Å². The fraction of sp³-hybridized carbons (Fsp3) is 0.368. The molecule has 3 nitrogen and oxygen atoms in total. The second-order valence-electron chi connectivity index (χ2n) is 5.48. The summed E-state index contributed by atoms with van der Waals surface area (Å²) >= 11 is 0. The predicted molar refractivity (Wildman–Crippen MR) is 85.8 cm³/mol. The zero-order chi connectivity index (χ0) is 15.0. The molecular weight excluding hydrogens is 276 g/mol. The van der Waals surface area contributed by atoms with Crippen LogP contribution in [0.1, 0.15) is 24.0 Å². The molecule has 0 unspecified atom stereocenters. The molecule has 2 aromatic carbocycles. The van der Waals surface area contributed by atoms with E-state index in [4.69, 9.17) is 14.2 Å². The first-order valence-corrected chi connectivity index (χ1v) is 7.89. The number of rotatable bonds is 7. The van der Waals surface area contributed by atoms with Crippen LogP contribution < -0.4 is 4.74 Å². The summed E-state index contributed by atoms with van der Waals surface area (Å²) in [6.07, 6.45) is 3.09. The number of ether oxygens (including phenoxy) is 3. The Kier molecular flexibility index (Phi) is 5.46. The van der Waals surface area contributed by atoms with Crippen LogP contribution in [0.5, 0.6) is 5.75 Å². The van der Waals surface area contributed by atoms with Gasteiger partial charge >= 0.3 is 0 Å². The number of benzene rings is 2. The Hall–Kier alpha value is -1.84. The molecule has 0 radical (unpaired) electrons. The maximum atomic E-state index is 5.79. The van der Waals surface area contributed by atoms with Crippen LogP contribution in [0, 0.1) is 0 Å². The van der Waals surface area contributed by atoms with E-state index in [1.807, 2.05) is 30.3 Å². The standard InChI is InChI=1S/C19H22O3/c1-2-5-17(6-3-1)15-22-18-11-9-16(10-12-18)7-4-8-19-20-13-14-21-19/h1-3,5-6,9-12,19H,4,7-8,13-15H2. The highest BCUT2D eigenvalue weighted by atomic mass is 16.7. The van der Waals surface area contributed by atoms with E-state index < -0.39 is 0 Å². The largest absolute Gasteiger partial charge is 0.489 e. The van der Waals surface area contributed by atoms with Crippen molar-refractivity contribution >= 4 is 0 Å². The van der Waals surface area contributed by atoms with Crippen LogP contribution in [0.2, 0.25) is 0 Å². The summed E-state index contributed by atoms with van der Waals surface area (Å²) in [7, 11) is 0. The molecule has 0 aliphatic carbocycles. The Bertz CT molecular complexity index is 545. The summed E-state index contributed by atoms with van der Waals surface area (Å²) in [6.45, 7) is 2.08. The van der Waals surface area contributed by atoms with Crippen LogP contribution in [0.25, 0.3) is 0 Å². The lowest BCUT2D eigenvalue weighted by Crippen LogP contribution is -2.07. The molecule has 22 heavy (non-hydrogen) atoms. The molecule has 3 rings (SSSR count). The van der Waals surface area contributed by atoms with Gasteiger partial charge in [0.1, 0.15) is 12.4 Å². The maximum Gasteiger partial charge on any atom is 0.157 e. The van der Waals surface area contributed by atoms with Crippen molar-refractivity contribution in [3.05, 3.63) is 65.7 Å². The molecule has 0 atom stereocenters. The fourth-order valence-electron chi connectivity index (χ4n) is 2.54. The van der Waals surface area contributed by atoms with Crippen molar-refractivity contribution in [2.75, 3.05) is 13.2 Å². The molecule has 0 bridgehead atoms. The highest BCUT2D eigenvalue weighted by Crippen LogP contribution is 2.17. The van der Waals surface area contributed by atoms with Crippen molar-refractivity contribution in [2.45, 2.75) is 32.2 Å². The van der Waals surface area contributed by atoms with Gasteiger partial charge in [-0.2, -0.15) is 0 Å². The first-order valence-electron chi connectivity index (χ1n) is 7.89. The molecule has 0 saturated carbocycles. The Morgan fingerprint density at radius 3 is 2.32 bits per heavy atom. The van der Waals surface area contributed by atoms with E-state index in [0.29, 0.717) is 6.61 Å². The second kappa shape index (κ2) is 7.97. The van der Waals surface area contributed by atoms with Crippen molar-refractivity contribution in [1.29, 1.82) is 0 Å². The van der Waals surface area contributed by atoms with Gasteiger partial charge in [-0.25, -0.2) is 0 Å². The zero-order valence-electron chi connectivity index (χ0n) is 12.7. The van der Waals surface area contributed by atoms with Crippen LogP contribution in [0.4, 0.5) is 0 Å². The van der Waals surface area contributed by atoms with Crippen molar-refractivity contribution in [3.63, 3.8) is 0 Å². The Labute approximate surface area is 131 Å². The molecule has 0 N–H and O–H groups in total. The van der Waals surface area contributed by atoms with Gasteiger partial charge in [-0.3, -0.25) is 0 Å². The van der Waals surface area contributed by atoms with Gasteiger partial charge in [0.15, 0.2) is 6.29 Å². The van der Waals surface area contributed by atoms with Crippen molar-refractivity contribution < 1.29 is 14.2 Å². The molecule has 3 heteroatoms.